The summed E-state index contributed by atoms with van der Waals surface area (Å²) in [5, 5.41) is 9.95. The summed E-state index contributed by atoms with van der Waals surface area (Å²) >= 11 is 3.68. The maximum absolute atomic E-state index is 12.2. The Labute approximate surface area is 155 Å². The van der Waals surface area contributed by atoms with E-state index in [1.54, 1.807) is 0 Å². The number of nitrogens with zero attached hydrogens (tertiary/aromatic N) is 4. The molecule has 2 aromatic rings. The van der Waals surface area contributed by atoms with Gasteiger partial charge in [0, 0.05) is 47.3 Å². The average molecular weight is 399 g/mol. The molecule has 0 N–H and O–H groups in total. The highest BCUT2D eigenvalue weighted by molar-refractivity contribution is 9.15. The van der Waals surface area contributed by atoms with E-state index in [-0.39, 0.29) is 18.4 Å². The SMILES string of the molecule is C[C@@H]1CCN(C(=O)CC#N)C[C@@H]1n1ccc2cnc3c(c21)C(Br)=CC3. The molecule has 1 amide bonds. The largest absolute Gasteiger partial charge is 0.342 e. The highest BCUT2D eigenvalue weighted by Crippen LogP contribution is 2.39. The Morgan fingerprint density at radius 3 is 3.16 bits per heavy atom. The van der Waals surface area contributed by atoms with Gasteiger partial charge in [-0.05, 0) is 18.4 Å². The van der Waals surface area contributed by atoms with Crippen LogP contribution in [0.1, 0.15) is 37.1 Å². The summed E-state index contributed by atoms with van der Waals surface area (Å²) in [6.07, 6.45) is 7.97. The van der Waals surface area contributed by atoms with Gasteiger partial charge in [0.05, 0.1) is 23.3 Å². The van der Waals surface area contributed by atoms with Crippen LogP contribution in [0.25, 0.3) is 15.4 Å². The van der Waals surface area contributed by atoms with E-state index in [9.17, 15) is 4.79 Å². The number of pyridine rings is 1. The summed E-state index contributed by atoms with van der Waals surface area (Å²) in [4.78, 5) is 18.6. The third-order valence-electron chi connectivity index (χ3n) is 5.40. The zero-order chi connectivity index (χ0) is 17.6. The van der Waals surface area contributed by atoms with Gasteiger partial charge in [-0.15, -0.1) is 0 Å². The number of carbonyl (C=O) groups excluding carboxylic acids is 1. The van der Waals surface area contributed by atoms with Crippen LogP contribution in [-0.2, 0) is 11.2 Å². The van der Waals surface area contributed by atoms with Gasteiger partial charge in [0.15, 0.2) is 0 Å². The molecule has 0 saturated carbocycles. The molecule has 25 heavy (non-hydrogen) atoms. The van der Waals surface area contributed by atoms with Crippen molar-refractivity contribution in [3.8, 4) is 6.07 Å². The van der Waals surface area contributed by atoms with E-state index in [0.717, 1.165) is 34.9 Å². The molecule has 2 aromatic heterocycles. The molecule has 1 aliphatic carbocycles. The van der Waals surface area contributed by atoms with Crippen LogP contribution in [0.5, 0.6) is 0 Å². The van der Waals surface area contributed by atoms with Gasteiger partial charge in [-0.1, -0.05) is 28.9 Å². The summed E-state index contributed by atoms with van der Waals surface area (Å²) in [5.74, 6) is 0.401. The number of rotatable bonds is 2. The fourth-order valence-electron chi connectivity index (χ4n) is 3.98. The number of allylic oxidation sites excluding steroid dienone is 1. The molecule has 1 fully saturated rings. The van der Waals surface area contributed by atoms with Gasteiger partial charge in [-0.3, -0.25) is 9.78 Å². The van der Waals surface area contributed by atoms with Gasteiger partial charge < -0.3 is 9.47 Å². The predicted molar refractivity (Wildman–Crippen MR) is 100.0 cm³/mol. The van der Waals surface area contributed by atoms with Crippen LogP contribution >= 0.6 is 15.9 Å². The molecule has 0 radical (unpaired) electrons. The Bertz CT molecular complexity index is 923. The summed E-state index contributed by atoms with van der Waals surface area (Å²) in [6, 6.07) is 4.29. The number of amides is 1. The van der Waals surface area contributed by atoms with Crippen LogP contribution in [0.2, 0.25) is 0 Å². The highest BCUT2D eigenvalue weighted by Gasteiger charge is 2.31. The molecule has 0 spiro atoms. The maximum atomic E-state index is 12.2. The van der Waals surface area contributed by atoms with Gasteiger partial charge in [-0.2, -0.15) is 5.26 Å². The van der Waals surface area contributed by atoms with Crippen molar-refractivity contribution >= 4 is 37.2 Å². The molecule has 2 atom stereocenters. The second kappa shape index (κ2) is 6.30. The number of fused-ring (bicyclic) bond motifs is 3. The van der Waals surface area contributed by atoms with Crippen LogP contribution < -0.4 is 0 Å². The fourth-order valence-corrected chi connectivity index (χ4v) is 4.56. The van der Waals surface area contributed by atoms with Crippen molar-refractivity contribution in [1.82, 2.24) is 14.5 Å². The molecule has 1 saturated heterocycles. The van der Waals surface area contributed by atoms with Gasteiger partial charge >= 0.3 is 0 Å². The molecule has 128 valence electrons. The summed E-state index contributed by atoms with van der Waals surface area (Å²) in [6.45, 7) is 3.64. The Morgan fingerprint density at radius 2 is 2.36 bits per heavy atom. The standard InChI is InChI=1S/C19H19BrN4O/c1-12-5-8-23(17(25)4-7-21)11-16(12)24-9-6-13-10-22-15-3-2-14(20)18(15)19(13)24/h2,6,9-10,12,16H,3-5,8,11H2,1H3/t12-,16+/m1/s1. The zero-order valence-corrected chi connectivity index (χ0v) is 15.7. The Morgan fingerprint density at radius 1 is 1.52 bits per heavy atom. The van der Waals surface area contributed by atoms with Crippen molar-refractivity contribution in [3.63, 3.8) is 0 Å². The van der Waals surface area contributed by atoms with E-state index < -0.39 is 0 Å². The second-order valence-electron chi connectivity index (χ2n) is 6.87. The number of likely N-dealkylation sites (tertiary alicyclic amines) is 1. The first-order valence-electron chi connectivity index (χ1n) is 8.59. The second-order valence-corrected chi connectivity index (χ2v) is 7.73. The molecular weight excluding hydrogens is 380 g/mol. The van der Waals surface area contributed by atoms with Crippen molar-refractivity contribution in [2.75, 3.05) is 13.1 Å². The van der Waals surface area contributed by atoms with Crippen LogP contribution in [-0.4, -0.2) is 33.4 Å². The first kappa shape index (κ1) is 16.3. The van der Waals surface area contributed by atoms with E-state index in [1.165, 1.54) is 11.1 Å². The van der Waals surface area contributed by atoms with Crippen LogP contribution in [0.4, 0.5) is 0 Å². The van der Waals surface area contributed by atoms with Crippen molar-refractivity contribution in [3.05, 3.63) is 35.8 Å². The van der Waals surface area contributed by atoms with Gasteiger partial charge in [0.2, 0.25) is 5.91 Å². The molecule has 4 rings (SSSR count). The monoisotopic (exact) mass is 398 g/mol. The maximum Gasteiger partial charge on any atom is 0.236 e. The predicted octanol–water partition coefficient (Wildman–Crippen LogP) is 3.65. The number of aromatic nitrogens is 2. The Balaban J connectivity index is 1.76. The molecule has 3 heterocycles. The minimum Gasteiger partial charge on any atom is -0.342 e. The third kappa shape index (κ3) is 2.67. The molecule has 0 bridgehead atoms. The highest BCUT2D eigenvalue weighted by atomic mass is 79.9. The Hall–Kier alpha value is -2.13. The minimum atomic E-state index is -0.0659. The lowest BCUT2D eigenvalue weighted by molar-refractivity contribution is -0.132. The first-order chi connectivity index (χ1) is 12.1. The average Bonchev–Trinajstić information content (AvgIpc) is 3.19. The topological polar surface area (TPSA) is 61.9 Å². The number of nitriles is 1. The Kier molecular flexibility index (Phi) is 4.12. The lowest BCUT2D eigenvalue weighted by Crippen LogP contribution is -2.43. The van der Waals surface area contributed by atoms with Gasteiger partial charge in [0.25, 0.3) is 0 Å². The molecule has 5 nitrogen and oxygen atoms in total. The third-order valence-corrected chi connectivity index (χ3v) is 6.12. The molecule has 1 aliphatic heterocycles. The van der Waals surface area contributed by atoms with Crippen LogP contribution in [0.15, 0.2) is 24.5 Å². The molecule has 6 heteroatoms. The fraction of sp³-hybridized carbons (Fsp3) is 0.421. The van der Waals surface area contributed by atoms with Crippen LogP contribution in [0.3, 0.4) is 0 Å². The van der Waals surface area contributed by atoms with Crippen molar-refractivity contribution in [1.29, 1.82) is 5.26 Å². The van der Waals surface area contributed by atoms with E-state index >= 15 is 0 Å². The van der Waals surface area contributed by atoms with E-state index in [4.69, 9.17) is 5.26 Å². The number of hydrogen-bond acceptors (Lipinski definition) is 3. The van der Waals surface area contributed by atoms with Gasteiger partial charge in [-0.25, -0.2) is 0 Å². The number of piperidine rings is 1. The first-order valence-corrected chi connectivity index (χ1v) is 9.38. The van der Waals surface area contributed by atoms with E-state index in [2.05, 4.69) is 50.7 Å². The molecule has 0 aromatic carbocycles. The molecular formula is C19H19BrN4O. The lowest BCUT2D eigenvalue weighted by Gasteiger charge is -2.38. The normalized spacial score (nSPS) is 22.6. The smallest absolute Gasteiger partial charge is 0.236 e. The van der Waals surface area contributed by atoms with Crippen molar-refractivity contribution in [2.24, 2.45) is 5.92 Å². The van der Waals surface area contributed by atoms with Gasteiger partial charge in [0.1, 0.15) is 6.42 Å². The van der Waals surface area contributed by atoms with Crippen LogP contribution in [0, 0.1) is 17.2 Å². The van der Waals surface area contributed by atoms with Crippen molar-refractivity contribution in [2.45, 2.75) is 32.2 Å². The minimum absolute atomic E-state index is 0.0405. The zero-order valence-electron chi connectivity index (χ0n) is 14.1. The summed E-state index contributed by atoms with van der Waals surface area (Å²) < 4.78 is 3.41. The summed E-state index contributed by atoms with van der Waals surface area (Å²) in [7, 11) is 0. The number of halogens is 1. The van der Waals surface area contributed by atoms with Crippen molar-refractivity contribution < 1.29 is 4.79 Å². The number of carbonyl (C=O) groups is 1. The van der Waals surface area contributed by atoms with E-state index in [0.29, 0.717) is 12.5 Å². The quantitative estimate of drug-likeness (QED) is 0.775. The molecule has 2 aliphatic rings. The number of hydrogen-bond donors (Lipinski definition) is 0. The molecule has 0 unspecified atom stereocenters. The summed E-state index contributed by atoms with van der Waals surface area (Å²) in [5.41, 5.74) is 3.47. The van der Waals surface area contributed by atoms with E-state index in [1.807, 2.05) is 17.2 Å². The lowest BCUT2D eigenvalue weighted by atomic mass is 9.92.